The van der Waals surface area contributed by atoms with Gasteiger partial charge in [0.25, 0.3) is 0 Å². The summed E-state index contributed by atoms with van der Waals surface area (Å²) >= 11 is 0. The maximum atomic E-state index is 12.9. The lowest BCUT2D eigenvalue weighted by molar-refractivity contribution is -0.170. The highest BCUT2D eigenvalue weighted by Crippen LogP contribution is 2.31. The number of anilines is 1. The molecule has 22 heavy (non-hydrogen) atoms. The van der Waals surface area contributed by atoms with Crippen molar-refractivity contribution in [1.29, 1.82) is 0 Å². The Kier molecular flexibility index (Phi) is 4.08. The van der Waals surface area contributed by atoms with E-state index in [9.17, 15) is 26.4 Å². The molecule has 1 amide bonds. The van der Waals surface area contributed by atoms with E-state index in [-0.39, 0.29) is 5.69 Å². The van der Waals surface area contributed by atoms with E-state index in [1.807, 2.05) is 0 Å². The van der Waals surface area contributed by atoms with Gasteiger partial charge in [0.05, 0.1) is 11.8 Å². The maximum Gasteiger partial charge on any atom is 0.471 e. The quantitative estimate of drug-likeness (QED) is 0.836. The fourth-order valence-electron chi connectivity index (χ4n) is 2.29. The van der Waals surface area contributed by atoms with Crippen LogP contribution in [0.3, 0.4) is 0 Å². The number of hydrogen-bond donors (Lipinski definition) is 0. The molecule has 1 aliphatic rings. The first-order valence-corrected chi connectivity index (χ1v) is 8.12. The molecule has 1 aromatic rings. The van der Waals surface area contributed by atoms with Crippen molar-refractivity contribution in [2.24, 2.45) is 0 Å². The average Bonchev–Trinajstić information content (AvgIpc) is 2.74. The highest BCUT2D eigenvalue weighted by Gasteiger charge is 2.46. The molecule has 0 aliphatic carbocycles. The van der Waals surface area contributed by atoms with Crippen molar-refractivity contribution in [3.05, 3.63) is 40.8 Å². The predicted molar refractivity (Wildman–Crippen MR) is 76.2 cm³/mol. The predicted octanol–water partition coefficient (Wildman–Crippen LogP) is 2.51. The van der Waals surface area contributed by atoms with Gasteiger partial charge < -0.3 is 0 Å². The summed E-state index contributed by atoms with van der Waals surface area (Å²) in [4.78, 5) is 12.3. The summed E-state index contributed by atoms with van der Waals surface area (Å²) in [6, 6.07) is 3.45. The number of amides is 1. The average molecular weight is 333 g/mol. The maximum absolute atomic E-state index is 12.9. The van der Waals surface area contributed by atoms with Gasteiger partial charge in [-0.1, -0.05) is 12.1 Å². The third kappa shape index (κ3) is 3.16. The Labute approximate surface area is 126 Å². The summed E-state index contributed by atoms with van der Waals surface area (Å²) < 4.78 is 61.7. The SMILES string of the molecule is Cc1cccc(N(C(=O)C(F)(F)F)C2C=CS(=O)(=O)C2)c1C. The van der Waals surface area contributed by atoms with Crippen LogP contribution in [-0.2, 0) is 14.6 Å². The van der Waals surface area contributed by atoms with Crippen molar-refractivity contribution in [1.82, 2.24) is 0 Å². The number of hydrogen-bond acceptors (Lipinski definition) is 3. The number of carbonyl (C=O) groups is 1. The zero-order valence-electron chi connectivity index (χ0n) is 11.9. The highest BCUT2D eigenvalue weighted by molar-refractivity contribution is 7.94. The Morgan fingerprint density at radius 2 is 1.91 bits per heavy atom. The second kappa shape index (κ2) is 5.42. The van der Waals surface area contributed by atoms with Gasteiger partial charge >= 0.3 is 12.1 Å². The van der Waals surface area contributed by atoms with E-state index in [0.717, 1.165) is 11.5 Å². The Morgan fingerprint density at radius 1 is 1.27 bits per heavy atom. The summed E-state index contributed by atoms with van der Waals surface area (Å²) in [5.74, 6) is -2.63. The van der Waals surface area contributed by atoms with Crippen LogP contribution in [0.2, 0.25) is 0 Å². The number of alkyl halides is 3. The number of nitrogens with zero attached hydrogens (tertiary/aromatic N) is 1. The summed E-state index contributed by atoms with van der Waals surface area (Å²) in [6.07, 6.45) is -3.98. The molecule has 1 unspecified atom stereocenters. The monoisotopic (exact) mass is 333 g/mol. The van der Waals surface area contributed by atoms with Gasteiger partial charge in [0, 0.05) is 11.1 Å². The molecule has 0 radical (unpaired) electrons. The van der Waals surface area contributed by atoms with E-state index in [1.54, 1.807) is 19.9 Å². The zero-order valence-corrected chi connectivity index (χ0v) is 12.7. The van der Waals surface area contributed by atoms with Crippen molar-refractivity contribution in [2.45, 2.75) is 26.1 Å². The third-order valence-electron chi connectivity index (χ3n) is 3.54. The molecule has 4 nitrogen and oxygen atoms in total. The summed E-state index contributed by atoms with van der Waals surface area (Å²) in [5, 5.41) is 0.847. The van der Waals surface area contributed by atoms with Crippen LogP contribution < -0.4 is 4.90 Å². The number of benzene rings is 1. The highest BCUT2D eigenvalue weighted by atomic mass is 32.2. The molecule has 1 aliphatic heterocycles. The minimum absolute atomic E-state index is 0.0640. The van der Waals surface area contributed by atoms with Crippen LogP contribution in [0.1, 0.15) is 11.1 Å². The molecule has 0 saturated carbocycles. The van der Waals surface area contributed by atoms with Gasteiger partial charge in [-0.05, 0) is 37.1 Å². The molecule has 120 valence electrons. The molecule has 0 spiro atoms. The Bertz CT molecular complexity index is 738. The van der Waals surface area contributed by atoms with Gasteiger partial charge in [-0.15, -0.1) is 0 Å². The van der Waals surface area contributed by atoms with Crippen LogP contribution in [0.15, 0.2) is 29.7 Å². The molecular weight excluding hydrogens is 319 g/mol. The van der Waals surface area contributed by atoms with E-state index in [4.69, 9.17) is 0 Å². The van der Waals surface area contributed by atoms with E-state index in [2.05, 4.69) is 0 Å². The molecule has 0 aromatic heterocycles. The topological polar surface area (TPSA) is 54.5 Å². The largest absolute Gasteiger partial charge is 0.471 e. The second-order valence-corrected chi connectivity index (χ2v) is 7.05. The molecule has 0 N–H and O–H groups in total. The molecule has 1 heterocycles. The van der Waals surface area contributed by atoms with Crippen LogP contribution in [-0.4, -0.2) is 32.3 Å². The first-order chi connectivity index (χ1) is 10.0. The molecule has 0 bridgehead atoms. The van der Waals surface area contributed by atoms with Crippen LogP contribution in [0.5, 0.6) is 0 Å². The van der Waals surface area contributed by atoms with Gasteiger partial charge in [0.1, 0.15) is 0 Å². The number of halogens is 3. The molecule has 1 aromatic carbocycles. The van der Waals surface area contributed by atoms with E-state index in [1.165, 1.54) is 12.1 Å². The summed E-state index contributed by atoms with van der Waals surface area (Å²) in [5.41, 5.74) is 1.27. The molecule has 2 rings (SSSR count). The molecule has 0 fully saturated rings. The Hall–Kier alpha value is -1.83. The van der Waals surface area contributed by atoms with Gasteiger partial charge in [-0.3, -0.25) is 9.69 Å². The first kappa shape index (κ1) is 16.5. The van der Waals surface area contributed by atoms with Gasteiger partial charge in [-0.25, -0.2) is 8.42 Å². The fraction of sp³-hybridized carbons (Fsp3) is 0.357. The van der Waals surface area contributed by atoms with Gasteiger partial charge in [0.2, 0.25) is 0 Å². The lowest BCUT2D eigenvalue weighted by atomic mass is 10.1. The van der Waals surface area contributed by atoms with Crippen LogP contribution in [0.4, 0.5) is 18.9 Å². The van der Waals surface area contributed by atoms with Crippen LogP contribution in [0, 0.1) is 13.8 Å². The van der Waals surface area contributed by atoms with E-state index in [0.29, 0.717) is 16.0 Å². The lowest BCUT2D eigenvalue weighted by Gasteiger charge is -2.30. The van der Waals surface area contributed by atoms with Gasteiger partial charge in [-0.2, -0.15) is 13.2 Å². The normalized spacial score (nSPS) is 20.1. The number of rotatable bonds is 2. The lowest BCUT2D eigenvalue weighted by Crippen LogP contribution is -2.48. The second-order valence-electron chi connectivity index (χ2n) is 5.12. The standard InChI is InChI=1S/C14H14F3NO3S/c1-9-4-3-5-12(10(9)2)18(13(19)14(15,16)17)11-6-7-22(20,21)8-11/h3-7,11H,8H2,1-2H3. The van der Waals surface area contributed by atoms with Crippen LogP contribution in [0.25, 0.3) is 0 Å². The Morgan fingerprint density at radius 3 is 2.41 bits per heavy atom. The molecule has 0 saturated heterocycles. The van der Waals surface area contributed by atoms with Crippen molar-refractivity contribution < 1.29 is 26.4 Å². The van der Waals surface area contributed by atoms with Crippen molar-refractivity contribution in [2.75, 3.05) is 10.7 Å². The van der Waals surface area contributed by atoms with Crippen LogP contribution >= 0.6 is 0 Å². The number of carbonyl (C=O) groups excluding carboxylic acids is 1. The zero-order chi connectivity index (χ0) is 16.7. The van der Waals surface area contributed by atoms with Gasteiger partial charge in [0.15, 0.2) is 9.84 Å². The smallest absolute Gasteiger partial charge is 0.296 e. The third-order valence-corrected chi connectivity index (χ3v) is 4.92. The molecule has 1 atom stereocenters. The summed E-state index contributed by atoms with van der Waals surface area (Å²) in [6.45, 7) is 3.30. The van der Waals surface area contributed by atoms with E-state index >= 15 is 0 Å². The number of sulfone groups is 1. The van der Waals surface area contributed by atoms with Crippen molar-refractivity contribution in [3.63, 3.8) is 0 Å². The Balaban J connectivity index is 2.54. The number of aryl methyl sites for hydroxylation is 1. The minimum atomic E-state index is -5.09. The minimum Gasteiger partial charge on any atom is -0.296 e. The molecule has 8 heteroatoms. The first-order valence-electron chi connectivity index (χ1n) is 6.40. The van der Waals surface area contributed by atoms with E-state index < -0.39 is 33.7 Å². The summed E-state index contributed by atoms with van der Waals surface area (Å²) in [7, 11) is -3.59. The van der Waals surface area contributed by atoms with Crippen molar-refractivity contribution in [3.8, 4) is 0 Å². The van der Waals surface area contributed by atoms with Crippen molar-refractivity contribution >= 4 is 21.4 Å². The fourth-order valence-corrected chi connectivity index (χ4v) is 3.56. The molecular formula is C14H14F3NO3S.